The Morgan fingerprint density at radius 1 is 1.17 bits per heavy atom. The van der Waals surface area contributed by atoms with Gasteiger partial charge in [0.1, 0.15) is 17.2 Å². The van der Waals surface area contributed by atoms with Gasteiger partial charge >= 0.3 is 0 Å². The Hall–Kier alpha value is -0.760. The van der Waals surface area contributed by atoms with Crippen molar-refractivity contribution in [2.45, 2.75) is 12.5 Å². The van der Waals surface area contributed by atoms with Crippen LogP contribution in [0.2, 0.25) is 0 Å². The van der Waals surface area contributed by atoms with E-state index >= 15 is 0 Å². The molecule has 2 aliphatic rings. The van der Waals surface area contributed by atoms with Gasteiger partial charge in [-0.2, -0.15) is 0 Å². The van der Waals surface area contributed by atoms with Crippen LogP contribution in [0, 0.1) is 11.6 Å². The van der Waals surface area contributed by atoms with E-state index in [4.69, 9.17) is 0 Å². The monoisotopic (exact) mass is 409 g/mol. The van der Waals surface area contributed by atoms with Crippen LogP contribution in [0.3, 0.4) is 0 Å². The summed E-state index contributed by atoms with van der Waals surface area (Å²) in [6.45, 7) is 4.51. The Morgan fingerprint density at radius 3 is 2.30 bits per heavy atom. The van der Waals surface area contributed by atoms with Crippen molar-refractivity contribution in [3.05, 3.63) is 33.8 Å². The smallest absolute Gasteiger partial charge is 0.259 e. The molecule has 23 heavy (non-hydrogen) atoms. The number of hydrogen-bond acceptors (Lipinski definition) is 3. The number of carbonyl (C=O) groups is 1. The SMILES string of the molecule is Cl.O=C(c1c(F)cc(Br)cc1F)N1CCN(C2CCNC2)CC1. The molecule has 0 saturated carbocycles. The van der Waals surface area contributed by atoms with Crippen LogP contribution in [0.25, 0.3) is 0 Å². The van der Waals surface area contributed by atoms with Crippen LogP contribution >= 0.6 is 28.3 Å². The fourth-order valence-electron chi connectivity index (χ4n) is 3.15. The van der Waals surface area contributed by atoms with Crippen molar-refractivity contribution in [2.75, 3.05) is 39.3 Å². The Balaban J connectivity index is 0.00000192. The van der Waals surface area contributed by atoms with E-state index in [-0.39, 0.29) is 16.9 Å². The molecule has 0 radical (unpaired) electrons. The van der Waals surface area contributed by atoms with E-state index in [1.165, 1.54) is 4.90 Å². The maximum atomic E-state index is 13.9. The topological polar surface area (TPSA) is 35.6 Å². The first-order valence-corrected chi connectivity index (χ1v) is 8.24. The standard InChI is InChI=1S/C15H18BrF2N3O.ClH/c16-10-7-12(17)14(13(18)8-10)15(22)21-5-3-20(4-6-21)11-1-2-19-9-11;/h7-8,11,19H,1-6,9H2;1H. The van der Waals surface area contributed by atoms with Gasteiger partial charge in [0.05, 0.1) is 0 Å². The second kappa shape index (κ2) is 7.88. The second-order valence-corrected chi connectivity index (χ2v) is 6.63. The fourth-order valence-corrected chi connectivity index (χ4v) is 3.55. The minimum absolute atomic E-state index is 0. The predicted octanol–water partition coefficient (Wildman–Crippen LogP) is 2.27. The van der Waals surface area contributed by atoms with E-state index in [1.54, 1.807) is 0 Å². The Morgan fingerprint density at radius 2 is 1.78 bits per heavy atom. The lowest BCUT2D eigenvalue weighted by Crippen LogP contribution is -2.52. The highest BCUT2D eigenvalue weighted by molar-refractivity contribution is 9.10. The summed E-state index contributed by atoms with van der Waals surface area (Å²) < 4.78 is 28.1. The van der Waals surface area contributed by atoms with Crippen molar-refractivity contribution in [3.63, 3.8) is 0 Å². The number of carbonyl (C=O) groups excluding carboxylic acids is 1. The summed E-state index contributed by atoms with van der Waals surface area (Å²) in [5.74, 6) is -2.20. The quantitative estimate of drug-likeness (QED) is 0.812. The van der Waals surface area contributed by atoms with E-state index in [0.29, 0.717) is 19.1 Å². The van der Waals surface area contributed by atoms with Crippen LogP contribution < -0.4 is 5.32 Å². The second-order valence-electron chi connectivity index (χ2n) is 5.72. The molecule has 0 bridgehead atoms. The maximum Gasteiger partial charge on any atom is 0.259 e. The number of hydrogen-bond donors (Lipinski definition) is 1. The first-order valence-electron chi connectivity index (χ1n) is 7.45. The van der Waals surface area contributed by atoms with Crippen LogP contribution in [0.15, 0.2) is 16.6 Å². The number of benzene rings is 1. The van der Waals surface area contributed by atoms with Crippen molar-refractivity contribution in [3.8, 4) is 0 Å². The molecule has 128 valence electrons. The zero-order valence-electron chi connectivity index (χ0n) is 12.5. The molecule has 0 spiro atoms. The lowest BCUT2D eigenvalue weighted by Gasteiger charge is -2.37. The summed E-state index contributed by atoms with van der Waals surface area (Å²) in [5, 5.41) is 3.32. The first-order chi connectivity index (χ1) is 10.6. The molecule has 3 rings (SSSR count). The summed E-state index contributed by atoms with van der Waals surface area (Å²) in [7, 11) is 0. The minimum Gasteiger partial charge on any atom is -0.336 e. The molecular formula is C15H19BrClF2N3O. The molecule has 1 aromatic rings. The lowest BCUT2D eigenvalue weighted by molar-refractivity contribution is 0.0575. The zero-order chi connectivity index (χ0) is 15.7. The Labute approximate surface area is 148 Å². The van der Waals surface area contributed by atoms with Crippen LogP contribution in [0.5, 0.6) is 0 Å². The van der Waals surface area contributed by atoms with Crippen molar-refractivity contribution in [2.24, 2.45) is 0 Å². The zero-order valence-corrected chi connectivity index (χ0v) is 14.9. The molecule has 2 fully saturated rings. The summed E-state index contributed by atoms with van der Waals surface area (Å²) in [6.07, 6.45) is 1.11. The van der Waals surface area contributed by atoms with E-state index in [0.717, 1.165) is 44.7 Å². The minimum atomic E-state index is -0.820. The highest BCUT2D eigenvalue weighted by atomic mass is 79.9. The molecule has 2 heterocycles. The third kappa shape index (κ3) is 4.02. The van der Waals surface area contributed by atoms with Crippen molar-refractivity contribution in [1.82, 2.24) is 15.1 Å². The van der Waals surface area contributed by atoms with Crippen LogP contribution in [-0.2, 0) is 0 Å². The number of amides is 1. The van der Waals surface area contributed by atoms with Gasteiger partial charge in [0.2, 0.25) is 0 Å². The number of nitrogens with one attached hydrogen (secondary N) is 1. The van der Waals surface area contributed by atoms with Gasteiger partial charge in [-0.15, -0.1) is 12.4 Å². The molecule has 8 heteroatoms. The molecule has 1 unspecified atom stereocenters. The molecule has 1 atom stereocenters. The summed E-state index contributed by atoms with van der Waals surface area (Å²) in [6, 6.07) is 2.76. The van der Waals surface area contributed by atoms with Gasteiger partial charge in [-0.1, -0.05) is 15.9 Å². The van der Waals surface area contributed by atoms with Gasteiger partial charge in [-0.05, 0) is 25.1 Å². The average molecular weight is 411 g/mol. The molecule has 0 aromatic heterocycles. The van der Waals surface area contributed by atoms with E-state index in [9.17, 15) is 13.6 Å². The van der Waals surface area contributed by atoms with Crippen molar-refractivity contribution >= 4 is 34.2 Å². The Bertz CT molecular complexity index is 553. The maximum absolute atomic E-state index is 13.9. The molecule has 2 saturated heterocycles. The van der Waals surface area contributed by atoms with Gasteiger partial charge in [0.15, 0.2) is 0 Å². The summed E-state index contributed by atoms with van der Waals surface area (Å²) in [4.78, 5) is 16.3. The molecule has 1 amide bonds. The van der Waals surface area contributed by atoms with Crippen molar-refractivity contribution < 1.29 is 13.6 Å². The first kappa shape index (κ1) is 18.6. The molecular weight excluding hydrogens is 392 g/mol. The van der Waals surface area contributed by atoms with Crippen LogP contribution in [0.1, 0.15) is 16.8 Å². The van der Waals surface area contributed by atoms with Crippen molar-refractivity contribution in [1.29, 1.82) is 0 Å². The largest absolute Gasteiger partial charge is 0.336 e. The highest BCUT2D eigenvalue weighted by Crippen LogP contribution is 2.22. The molecule has 0 aliphatic carbocycles. The van der Waals surface area contributed by atoms with Gasteiger partial charge < -0.3 is 10.2 Å². The number of rotatable bonds is 2. The van der Waals surface area contributed by atoms with E-state index in [1.807, 2.05) is 0 Å². The van der Waals surface area contributed by atoms with Gasteiger partial charge in [0, 0.05) is 43.2 Å². The number of nitrogens with zero attached hydrogens (tertiary/aromatic N) is 2. The normalized spacial score (nSPS) is 22.0. The van der Waals surface area contributed by atoms with Crippen LogP contribution in [-0.4, -0.2) is 61.0 Å². The number of halogens is 4. The summed E-state index contributed by atoms with van der Waals surface area (Å²) >= 11 is 3.02. The van der Waals surface area contributed by atoms with Gasteiger partial charge in [-0.25, -0.2) is 8.78 Å². The van der Waals surface area contributed by atoms with Crippen LogP contribution in [0.4, 0.5) is 8.78 Å². The summed E-state index contributed by atoms with van der Waals surface area (Å²) in [5.41, 5.74) is -0.459. The molecule has 1 aromatic carbocycles. The molecule has 1 N–H and O–H groups in total. The number of piperazine rings is 1. The highest BCUT2D eigenvalue weighted by Gasteiger charge is 2.30. The molecule has 2 aliphatic heterocycles. The third-order valence-corrected chi connectivity index (χ3v) is 4.83. The Kier molecular flexibility index (Phi) is 6.36. The van der Waals surface area contributed by atoms with Gasteiger partial charge in [-0.3, -0.25) is 9.69 Å². The van der Waals surface area contributed by atoms with Gasteiger partial charge in [0.25, 0.3) is 5.91 Å². The molecule has 4 nitrogen and oxygen atoms in total. The van der Waals surface area contributed by atoms with E-state index in [2.05, 4.69) is 26.1 Å². The van der Waals surface area contributed by atoms with E-state index < -0.39 is 23.1 Å². The fraction of sp³-hybridized carbons (Fsp3) is 0.533. The average Bonchev–Trinajstić information content (AvgIpc) is 3.00. The predicted molar refractivity (Wildman–Crippen MR) is 90.1 cm³/mol. The third-order valence-electron chi connectivity index (χ3n) is 4.37. The lowest BCUT2D eigenvalue weighted by atomic mass is 10.1.